The van der Waals surface area contributed by atoms with Gasteiger partial charge in [-0.15, -0.1) is 0 Å². The lowest BCUT2D eigenvalue weighted by Crippen LogP contribution is -2.42. The van der Waals surface area contributed by atoms with E-state index in [0.29, 0.717) is 10.0 Å². The molecule has 14 heavy (non-hydrogen) atoms. The van der Waals surface area contributed by atoms with Gasteiger partial charge in [0.05, 0.1) is 5.56 Å². The van der Waals surface area contributed by atoms with Gasteiger partial charge in [0.1, 0.15) is 5.82 Å². The molecule has 1 amide bonds. The van der Waals surface area contributed by atoms with Crippen LogP contribution in [-0.4, -0.2) is 23.9 Å². The summed E-state index contributed by atoms with van der Waals surface area (Å²) in [4.78, 5) is 13.4. The van der Waals surface area contributed by atoms with Gasteiger partial charge in [0, 0.05) is 17.6 Å². The van der Waals surface area contributed by atoms with Gasteiger partial charge in [-0.2, -0.15) is 0 Å². The van der Waals surface area contributed by atoms with Crippen LogP contribution in [0, 0.1) is 5.82 Å². The Balaban J connectivity index is 2.29. The van der Waals surface area contributed by atoms with Crippen molar-refractivity contribution in [1.29, 1.82) is 0 Å². The highest BCUT2D eigenvalue weighted by Gasteiger charge is 2.23. The highest BCUT2D eigenvalue weighted by Crippen LogP contribution is 2.21. The molecule has 0 saturated carbocycles. The molecule has 0 aliphatic carbocycles. The highest BCUT2D eigenvalue weighted by atomic mass is 79.9. The molecule has 1 aliphatic heterocycles. The number of halogens is 2. The first-order valence-corrected chi connectivity index (χ1v) is 5.22. The van der Waals surface area contributed by atoms with Crippen LogP contribution in [0.2, 0.25) is 0 Å². The molecule has 4 heteroatoms. The molecule has 1 fully saturated rings. The molecule has 0 radical (unpaired) electrons. The third-order valence-corrected chi connectivity index (χ3v) is 2.99. The van der Waals surface area contributed by atoms with Crippen LogP contribution in [0.4, 0.5) is 4.39 Å². The molecule has 1 aromatic carbocycles. The summed E-state index contributed by atoms with van der Waals surface area (Å²) in [5.74, 6) is -0.473. The van der Waals surface area contributed by atoms with Crippen molar-refractivity contribution in [3.05, 3.63) is 34.1 Å². The summed E-state index contributed by atoms with van der Waals surface area (Å²) in [6.45, 7) is 1.56. The van der Waals surface area contributed by atoms with Gasteiger partial charge < -0.3 is 4.90 Å². The van der Waals surface area contributed by atoms with E-state index in [4.69, 9.17) is 0 Å². The first-order valence-electron chi connectivity index (χ1n) is 4.43. The largest absolute Gasteiger partial charge is 0.338 e. The van der Waals surface area contributed by atoms with Crippen molar-refractivity contribution in [2.45, 2.75) is 6.42 Å². The maximum absolute atomic E-state index is 12.9. The van der Waals surface area contributed by atoms with Gasteiger partial charge in [-0.25, -0.2) is 4.39 Å². The molecule has 1 aliphatic rings. The number of hydrogen-bond donors (Lipinski definition) is 0. The molecule has 2 nitrogen and oxygen atoms in total. The first kappa shape index (κ1) is 9.65. The quantitative estimate of drug-likeness (QED) is 0.757. The highest BCUT2D eigenvalue weighted by molar-refractivity contribution is 9.10. The minimum atomic E-state index is -0.378. The fourth-order valence-corrected chi connectivity index (χ4v) is 1.77. The number of amides is 1. The van der Waals surface area contributed by atoms with Crippen LogP contribution in [0.1, 0.15) is 16.8 Å². The van der Waals surface area contributed by atoms with Gasteiger partial charge in [0.15, 0.2) is 0 Å². The van der Waals surface area contributed by atoms with Gasteiger partial charge in [0.2, 0.25) is 0 Å². The lowest BCUT2D eigenvalue weighted by molar-refractivity contribution is 0.0650. The van der Waals surface area contributed by atoms with E-state index in [-0.39, 0.29) is 11.7 Å². The zero-order valence-corrected chi connectivity index (χ0v) is 9.05. The summed E-state index contributed by atoms with van der Waals surface area (Å²) < 4.78 is 13.6. The van der Waals surface area contributed by atoms with Crippen molar-refractivity contribution in [1.82, 2.24) is 4.90 Å². The van der Waals surface area contributed by atoms with Gasteiger partial charge in [-0.05, 0) is 40.5 Å². The zero-order chi connectivity index (χ0) is 10.1. The number of nitrogens with zero attached hydrogens (tertiary/aromatic N) is 1. The van der Waals surface area contributed by atoms with Crippen molar-refractivity contribution in [2.75, 3.05) is 13.1 Å². The van der Waals surface area contributed by atoms with Crippen LogP contribution in [0.5, 0.6) is 0 Å². The van der Waals surface area contributed by atoms with E-state index in [1.165, 1.54) is 12.1 Å². The summed E-state index contributed by atoms with van der Waals surface area (Å²) in [5, 5.41) is 0. The Morgan fingerprint density at radius 3 is 2.71 bits per heavy atom. The second kappa shape index (κ2) is 3.69. The number of carbonyl (C=O) groups is 1. The van der Waals surface area contributed by atoms with E-state index >= 15 is 0 Å². The van der Waals surface area contributed by atoms with Crippen LogP contribution in [0.3, 0.4) is 0 Å². The molecule has 0 N–H and O–H groups in total. The minimum absolute atomic E-state index is 0.0948. The van der Waals surface area contributed by atoms with Crippen LogP contribution >= 0.6 is 15.9 Å². The van der Waals surface area contributed by atoms with Crippen molar-refractivity contribution in [3.63, 3.8) is 0 Å². The van der Waals surface area contributed by atoms with Crippen LogP contribution in [0.15, 0.2) is 22.7 Å². The molecule has 1 aromatic rings. The Bertz CT molecular complexity index is 376. The van der Waals surface area contributed by atoms with E-state index in [1.807, 2.05) is 0 Å². The van der Waals surface area contributed by atoms with Crippen LogP contribution in [0.25, 0.3) is 0 Å². The average Bonchev–Trinajstić information content (AvgIpc) is 2.06. The molecule has 0 bridgehead atoms. The Kier molecular flexibility index (Phi) is 2.54. The van der Waals surface area contributed by atoms with Gasteiger partial charge in [-0.3, -0.25) is 4.79 Å². The molecule has 1 saturated heterocycles. The Labute approximate surface area is 89.8 Å². The smallest absolute Gasteiger partial charge is 0.255 e. The third kappa shape index (κ3) is 1.66. The Morgan fingerprint density at radius 2 is 2.14 bits per heavy atom. The zero-order valence-electron chi connectivity index (χ0n) is 7.46. The molecule has 0 aromatic heterocycles. The van der Waals surface area contributed by atoms with Gasteiger partial charge >= 0.3 is 0 Å². The standard InChI is InChI=1S/C10H9BrFNO/c11-9-3-2-7(12)6-8(9)10(14)13-4-1-5-13/h2-3,6H,1,4-5H2. The molecule has 2 rings (SSSR count). The monoisotopic (exact) mass is 257 g/mol. The SMILES string of the molecule is O=C(c1cc(F)ccc1Br)N1CCC1. The summed E-state index contributed by atoms with van der Waals surface area (Å²) in [6.07, 6.45) is 1.04. The summed E-state index contributed by atoms with van der Waals surface area (Å²) >= 11 is 3.24. The topological polar surface area (TPSA) is 20.3 Å². The fourth-order valence-electron chi connectivity index (χ4n) is 1.35. The summed E-state index contributed by atoms with van der Waals surface area (Å²) in [7, 11) is 0. The normalized spacial score (nSPS) is 15.1. The third-order valence-electron chi connectivity index (χ3n) is 2.30. The van der Waals surface area contributed by atoms with Gasteiger partial charge in [-0.1, -0.05) is 0 Å². The van der Waals surface area contributed by atoms with E-state index in [2.05, 4.69) is 15.9 Å². The van der Waals surface area contributed by atoms with Gasteiger partial charge in [0.25, 0.3) is 5.91 Å². The predicted molar refractivity (Wildman–Crippen MR) is 54.6 cm³/mol. The number of carbonyl (C=O) groups excluding carboxylic acids is 1. The molecular formula is C10H9BrFNO. The lowest BCUT2D eigenvalue weighted by atomic mass is 10.1. The summed E-state index contributed by atoms with van der Waals surface area (Å²) in [6, 6.07) is 4.16. The molecule has 0 spiro atoms. The second-order valence-corrected chi connectivity index (χ2v) is 4.12. The van der Waals surface area contributed by atoms with Crippen molar-refractivity contribution in [3.8, 4) is 0 Å². The minimum Gasteiger partial charge on any atom is -0.338 e. The maximum atomic E-state index is 12.9. The van der Waals surface area contributed by atoms with Crippen molar-refractivity contribution < 1.29 is 9.18 Å². The average molecular weight is 258 g/mol. The number of likely N-dealkylation sites (tertiary alicyclic amines) is 1. The number of rotatable bonds is 1. The van der Waals surface area contributed by atoms with E-state index in [0.717, 1.165) is 19.5 Å². The Hall–Kier alpha value is -0.900. The fraction of sp³-hybridized carbons (Fsp3) is 0.300. The van der Waals surface area contributed by atoms with E-state index in [9.17, 15) is 9.18 Å². The van der Waals surface area contributed by atoms with E-state index < -0.39 is 0 Å². The molecule has 0 atom stereocenters. The van der Waals surface area contributed by atoms with Crippen molar-refractivity contribution >= 4 is 21.8 Å². The molecule has 1 heterocycles. The maximum Gasteiger partial charge on any atom is 0.255 e. The number of benzene rings is 1. The molecular weight excluding hydrogens is 249 g/mol. The van der Waals surface area contributed by atoms with E-state index in [1.54, 1.807) is 11.0 Å². The summed E-state index contributed by atoms with van der Waals surface area (Å²) in [5.41, 5.74) is 0.407. The van der Waals surface area contributed by atoms with Crippen molar-refractivity contribution in [2.24, 2.45) is 0 Å². The number of hydrogen-bond acceptors (Lipinski definition) is 1. The second-order valence-electron chi connectivity index (χ2n) is 3.27. The Morgan fingerprint density at radius 1 is 1.43 bits per heavy atom. The first-order chi connectivity index (χ1) is 6.68. The molecule has 74 valence electrons. The van der Waals surface area contributed by atoms with Crippen LogP contribution in [-0.2, 0) is 0 Å². The molecule has 0 unspecified atom stereocenters. The predicted octanol–water partition coefficient (Wildman–Crippen LogP) is 2.43. The van der Waals surface area contributed by atoms with Crippen LogP contribution < -0.4 is 0 Å². The lowest BCUT2D eigenvalue weighted by Gasteiger charge is -2.31.